The number of amides is 1. The summed E-state index contributed by atoms with van der Waals surface area (Å²) in [6.45, 7) is 3.63. The Bertz CT molecular complexity index is 724. The van der Waals surface area contributed by atoms with E-state index in [-0.39, 0.29) is 5.69 Å². The van der Waals surface area contributed by atoms with Crippen molar-refractivity contribution in [2.24, 2.45) is 0 Å². The number of ether oxygens (including phenoxy) is 1. The Morgan fingerprint density at radius 1 is 1.39 bits per heavy atom. The molecule has 7 heteroatoms. The van der Waals surface area contributed by atoms with E-state index in [0.29, 0.717) is 17.9 Å². The van der Waals surface area contributed by atoms with Gasteiger partial charge in [0.25, 0.3) is 5.91 Å². The van der Waals surface area contributed by atoms with Crippen LogP contribution in [0.15, 0.2) is 30.5 Å². The van der Waals surface area contributed by atoms with Crippen LogP contribution in [0.3, 0.4) is 0 Å². The maximum absolute atomic E-state index is 12.1. The Hall–Kier alpha value is -2.83. The number of hydrogen-bond acceptors (Lipinski definition) is 4. The largest absolute Gasteiger partial charge is 0.494 e. The van der Waals surface area contributed by atoms with E-state index in [1.54, 1.807) is 20.2 Å². The number of rotatable bonds is 6. The van der Waals surface area contributed by atoms with Crippen molar-refractivity contribution in [1.82, 2.24) is 15.1 Å². The van der Waals surface area contributed by atoms with Gasteiger partial charge in [0.2, 0.25) is 0 Å². The van der Waals surface area contributed by atoms with E-state index in [4.69, 9.17) is 9.84 Å². The number of methoxy groups -OCH3 is 1. The van der Waals surface area contributed by atoms with Crippen LogP contribution in [-0.4, -0.2) is 39.9 Å². The third kappa shape index (κ3) is 3.68. The second kappa shape index (κ2) is 6.95. The molecule has 2 aromatic rings. The molecule has 1 atom stereocenters. The minimum absolute atomic E-state index is 0.147. The Morgan fingerprint density at radius 3 is 2.74 bits per heavy atom. The van der Waals surface area contributed by atoms with Gasteiger partial charge in [0.15, 0.2) is 5.69 Å². The van der Waals surface area contributed by atoms with Gasteiger partial charge < -0.3 is 15.2 Å². The summed E-state index contributed by atoms with van der Waals surface area (Å²) in [7, 11) is 1.56. The van der Waals surface area contributed by atoms with E-state index in [9.17, 15) is 9.59 Å². The van der Waals surface area contributed by atoms with Gasteiger partial charge in [0.1, 0.15) is 17.5 Å². The number of benzene rings is 1. The van der Waals surface area contributed by atoms with Crippen LogP contribution < -0.4 is 10.1 Å². The van der Waals surface area contributed by atoms with Gasteiger partial charge in [-0.15, -0.1) is 0 Å². The number of carbonyl (C=O) groups excluding carboxylic acids is 1. The summed E-state index contributed by atoms with van der Waals surface area (Å²) in [6.07, 6.45) is 1.93. The lowest BCUT2D eigenvalue weighted by Gasteiger charge is -2.11. The number of aryl methyl sites for hydroxylation is 1. The van der Waals surface area contributed by atoms with E-state index in [1.165, 1.54) is 10.7 Å². The van der Waals surface area contributed by atoms with Gasteiger partial charge in [-0.2, -0.15) is 5.10 Å². The first-order valence-electron chi connectivity index (χ1n) is 7.20. The Labute approximate surface area is 133 Å². The smallest absolute Gasteiger partial charge is 0.326 e. The molecule has 0 aliphatic carbocycles. The number of nitrogens with one attached hydrogen (secondary N) is 1. The summed E-state index contributed by atoms with van der Waals surface area (Å²) in [5, 5.41) is 15.6. The second-order valence-electron chi connectivity index (χ2n) is 5.09. The highest BCUT2D eigenvalue weighted by Gasteiger charge is 2.20. The zero-order valence-electron chi connectivity index (χ0n) is 13.2. The normalized spacial score (nSPS) is 11.8. The number of aliphatic carboxylic acids is 1. The van der Waals surface area contributed by atoms with Crippen molar-refractivity contribution in [1.29, 1.82) is 0 Å². The Morgan fingerprint density at radius 2 is 2.13 bits per heavy atom. The first-order valence-corrected chi connectivity index (χ1v) is 7.20. The summed E-state index contributed by atoms with van der Waals surface area (Å²) in [4.78, 5) is 23.1. The van der Waals surface area contributed by atoms with E-state index in [0.717, 1.165) is 5.56 Å². The fraction of sp³-hybridized carbons (Fsp3) is 0.312. The van der Waals surface area contributed by atoms with Crippen molar-refractivity contribution in [3.63, 3.8) is 0 Å². The van der Waals surface area contributed by atoms with Gasteiger partial charge in [-0.3, -0.25) is 4.79 Å². The number of carboxylic acids is 1. The monoisotopic (exact) mass is 317 g/mol. The lowest BCUT2D eigenvalue weighted by molar-refractivity contribution is -0.139. The predicted molar refractivity (Wildman–Crippen MR) is 84.0 cm³/mol. The van der Waals surface area contributed by atoms with Crippen molar-refractivity contribution in [2.45, 2.75) is 26.3 Å². The minimum Gasteiger partial charge on any atom is -0.494 e. The average molecular weight is 317 g/mol. The van der Waals surface area contributed by atoms with Crippen LogP contribution in [0.2, 0.25) is 0 Å². The van der Waals surface area contributed by atoms with E-state index in [1.807, 2.05) is 25.1 Å². The predicted octanol–water partition coefficient (Wildman–Crippen LogP) is 1.78. The molecule has 1 amide bonds. The second-order valence-corrected chi connectivity index (χ2v) is 5.09. The van der Waals surface area contributed by atoms with Crippen LogP contribution in [0.4, 0.5) is 0 Å². The van der Waals surface area contributed by atoms with Crippen LogP contribution in [-0.2, 0) is 4.79 Å². The molecule has 122 valence electrons. The highest BCUT2D eigenvalue weighted by molar-refractivity contribution is 5.94. The molecule has 0 spiro atoms. The maximum atomic E-state index is 12.1. The zero-order valence-corrected chi connectivity index (χ0v) is 13.2. The van der Waals surface area contributed by atoms with E-state index in [2.05, 4.69) is 10.4 Å². The molecule has 0 aliphatic rings. The molecule has 0 saturated carbocycles. The Kier molecular flexibility index (Phi) is 5.00. The van der Waals surface area contributed by atoms with Crippen molar-refractivity contribution in [3.05, 3.63) is 41.7 Å². The topological polar surface area (TPSA) is 93.5 Å². The number of carboxylic acid groups (broad SMARTS) is 1. The molecule has 23 heavy (non-hydrogen) atoms. The summed E-state index contributed by atoms with van der Waals surface area (Å²) in [5.41, 5.74) is 1.88. The van der Waals surface area contributed by atoms with Gasteiger partial charge >= 0.3 is 5.97 Å². The third-order valence-electron chi connectivity index (χ3n) is 3.41. The third-order valence-corrected chi connectivity index (χ3v) is 3.41. The molecule has 0 radical (unpaired) electrons. The Balaban J connectivity index is 2.26. The molecule has 0 saturated heterocycles. The first-order chi connectivity index (χ1) is 11.0. The summed E-state index contributed by atoms with van der Waals surface area (Å²) in [6, 6.07) is 6.23. The number of aromatic nitrogens is 2. The molecule has 1 aromatic carbocycles. The zero-order chi connectivity index (χ0) is 17.0. The number of hydrogen-bond donors (Lipinski definition) is 2. The van der Waals surface area contributed by atoms with Crippen LogP contribution in [0.5, 0.6) is 5.75 Å². The number of nitrogens with zero attached hydrogens (tertiary/aromatic N) is 2. The highest BCUT2D eigenvalue weighted by Crippen LogP contribution is 2.23. The van der Waals surface area contributed by atoms with Gasteiger partial charge in [-0.05, 0) is 37.1 Å². The minimum atomic E-state index is -1.07. The van der Waals surface area contributed by atoms with Crippen molar-refractivity contribution < 1.29 is 19.4 Å². The van der Waals surface area contributed by atoms with Crippen LogP contribution >= 0.6 is 0 Å². The van der Waals surface area contributed by atoms with Crippen molar-refractivity contribution >= 4 is 11.9 Å². The molecular formula is C16H19N3O4. The SMILES string of the molecule is CCC(NC(=O)c1ccn(-c2cc(C)ccc2OC)n1)C(=O)O. The van der Waals surface area contributed by atoms with Crippen LogP contribution in [0, 0.1) is 6.92 Å². The molecule has 1 aromatic heterocycles. The lowest BCUT2D eigenvalue weighted by atomic mass is 10.2. The number of carbonyl (C=O) groups is 2. The summed E-state index contributed by atoms with van der Waals surface area (Å²) in [5.74, 6) is -0.965. The van der Waals surface area contributed by atoms with E-state index >= 15 is 0 Å². The van der Waals surface area contributed by atoms with E-state index < -0.39 is 17.9 Å². The molecule has 0 aliphatic heterocycles. The molecule has 2 rings (SSSR count). The standard InChI is InChI=1S/C16H19N3O4/c1-4-11(16(21)22)17-15(20)12-7-8-19(18-12)13-9-10(2)5-6-14(13)23-3/h5-9,11H,4H2,1-3H3,(H,17,20)(H,21,22). The summed E-state index contributed by atoms with van der Waals surface area (Å²) >= 11 is 0. The summed E-state index contributed by atoms with van der Waals surface area (Å²) < 4.78 is 6.83. The quantitative estimate of drug-likeness (QED) is 0.847. The average Bonchev–Trinajstić information content (AvgIpc) is 3.01. The molecule has 0 bridgehead atoms. The molecule has 1 heterocycles. The first kappa shape index (κ1) is 16.5. The lowest BCUT2D eigenvalue weighted by Crippen LogP contribution is -2.40. The molecule has 1 unspecified atom stereocenters. The fourth-order valence-corrected chi connectivity index (χ4v) is 2.13. The molecule has 7 nitrogen and oxygen atoms in total. The van der Waals surface area contributed by atoms with Crippen LogP contribution in [0.1, 0.15) is 29.4 Å². The van der Waals surface area contributed by atoms with Gasteiger partial charge in [0, 0.05) is 6.20 Å². The molecule has 0 fully saturated rings. The highest BCUT2D eigenvalue weighted by atomic mass is 16.5. The van der Waals surface area contributed by atoms with Crippen LogP contribution in [0.25, 0.3) is 5.69 Å². The molecular weight excluding hydrogens is 298 g/mol. The fourth-order valence-electron chi connectivity index (χ4n) is 2.13. The molecule has 2 N–H and O–H groups in total. The van der Waals surface area contributed by atoms with Gasteiger partial charge in [-0.1, -0.05) is 13.0 Å². The van der Waals surface area contributed by atoms with Gasteiger partial charge in [0.05, 0.1) is 7.11 Å². The van der Waals surface area contributed by atoms with Gasteiger partial charge in [-0.25, -0.2) is 9.48 Å². The maximum Gasteiger partial charge on any atom is 0.326 e. The van der Waals surface area contributed by atoms with Crippen molar-refractivity contribution in [2.75, 3.05) is 7.11 Å². The van der Waals surface area contributed by atoms with Crippen molar-refractivity contribution in [3.8, 4) is 11.4 Å².